The van der Waals surface area contributed by atoms with Crippen LogP contribution in [-0.4, -0.2) is 25.6 Å². The summed E-state index contributed by atoms with van der Waals surface area (Å²) < 4.78 is 6.83. The molecule has 158 valence electrons. The summed E-state index contributed by atoms with van der Waals surface area (Å²) >= 11 is 0. The number of hydrogen-bond donors (Lipinski definition) is 1. The van der Waals surface area contributed by atoms with Crippen molar-refractivity contribution < 1.29 is 9.53 Å². The Kier molecular flexibility index (Phi) is 6.27. The highest BCUT2D eigenvalue weighted by Gasteiger charge is 2.56. The predicted molar refractivity (Wildman–Crippen MR) is 117 cm³/mol. The average molecular weight is 395 g/mol. The second-order valence-corrected chi connectivity index (χ2v) is 16.7. The van der Waals surface area contributed by atoms with Gasteiger partial charge in [0.1, 0.15) is 0 Å². The largest absolute Gasteiger partial charge is 0.414 e. The lowest BCUT2D eigenvalue weighted by Gasteiger charge is -2.60. The van der Waals surface area contributed by atoms with Gasteiger partial charge in [0.05, 0.1) is 6.10 Å². The maximum absolute atomic E-state index is 11.2. The monoisotopic (exact) mass is 394 g/mol. The molecule has 0 aromatic rings. The molecule has 0 aliphatic heterocycles. The Morgan fingerprint density at radius 3 is 2.44 bits per heavy atom. The minimum Gasteiger partial charge on any atom is -0.414 e. The van der Waals surface area contributed by atoms with Gasteiger partial charge in [0.2, 0.25) is 0 Å². The van der Waals surface area contributed by atoms with Gasteiger partial charge in [-0.2, -0.15) is 0 Å². The highest BCUT2D eigenvalue weighted by atomic mass is 28.4. The molecule has 1 N–H and O–H groups in total. The summed E-state index contributed by atoms with van der Waals surface area (Å²) in [5.41, 5.74) is 0.434. The van der Waals surface area contributed by atoms with Crippen molar-refractivity contribution in [2.75, 3.05) is 0 Å². The molecule has 3 fully saturated rings. The van der Waals surface area contributed by atoms with E-state index < -0.39 is 8.32 Å². The molecule has 0 aromatic heterocycles. The molecular weight excluding hydrogens is 348 g/mol. The van der Waals surface area contributed by atoms with E-state index in [0.29, 0.717) is 23.4 Å². The molecule has 3 aliphatic carbocycles. The van der Waals surface area contributed by atoms with Gasteiger partial charge in [-0.3, -0.25) is 0 Å². The van der Waals surface area contributed by atoms with Gasteiger partial charge in [-0.25, -0.2) is 0 Å². The summed E-state index contributed by atoms with van der Waals surface area (Å²) in [6.45, 7) is 16.7. The van der Waals surface area contributed by atoms with Gasteiger partial charge >= 0.3 is 0 Å². The molecule has 3 rings (SSSR count). The first-order valence-electron chi connectivity index (χ1n) is 11.9. The summed E-state index contributed by atoms with van der Waals surface area (Å²) in [5.74, 6) is 2.73. The van der Waals surface area contributed by atoms with Gasteiger partial charge in [0.25, 0.3) is 0 Å². The zero-order valence-corrected chi connectivity index (χ0v) is 20.2. The van der Waals surface area contributed by atoms with Crippen LogP contribution < -0.4 is 0 Å². The van der Waals surface area contributed by atoms with Gasteiger partial charge in [0.15, 0.2) is 8.32 Å². The van der Waals surface area contributed by atoms with Crippen LogP contribution in [0.25, 0.3) is 0 Å². The van der Waals surface area contributed by atoms with Crippen LogP contribution in [0, 0.1) is 29.1 Å². The molecule has 0 saturated heterocycles. The van der Waals surface area contributed by atoms with Crippen LogP contribution in [0.5, 0.6) is 0 Å². The Labute approximate surface area is 170 Å². The van der Waals surface area contributed by atoms with Gasteiger partial charge in [-0.05, 0) is 79.3 Å². The predicted octanol–water partition coefficient (Wildman–Crippen LogP) is 6.78. The van der Waals surface area contributed by atoms with E-state index in [1.165, 1.54) is 51.4 Å². The topological polar surface area (TPSA) is 29.5 Å². The Balaban J connectivity index is 1.74. The minimum absolute atomic E-state index is 0.0726. The second kappa shape index (κ2) is 7.76. The molecule has 0 heterocycles. The highest BCUT2D eigenvalue weighted by molar-refractivity contribution is 6.74. The van der Waals surface area contributed by atoms with E-state index in [1.807, 2.05) is 0 Å². The van der Waals surface area contributed by atoms with E-state index in [-0.39, 0.29) is 11.1 Å². The molecule has 0 bridgehead atoms. The lowest BCUT2D eigenvalue weighted by atomic mass is 9.47. The number of aliphatic hydroxyl groups is 1. The van der Waals surface area contributed by atoms with Crippen LogP contribution in [0.1, 0.15) is 92.4 Å². The molecule has 27 heavy (non-hydrogen) atoms. The van der Waals surface area contributed by atoms with E-state index in [2.05, 4.69) is 47.7 Å². The van der Waals surface area contributed by atoms with E-state index in [9.17, 15) is 5.11 Å². The van der Waals surface area contributed by atoms with Gasteiger partial charge < -0.3 is 9.53 Å². The van der Waals surface area contributed by atoms with E-state index in [1.54, 1.807) is 0 Å². The number of aliphatic hydroxyl groups excluding tert-OH is 1. The maximum atomic E-state index is 11.2. The Morgan fingerprint density at radius 1 is 1.11 bits per heavy atom. The molecule has 2 nitrogen and oxygen atoms in total. The average Bonchev–Trinajstić information content (AvgIpc) is 2.56. The molecule has 0 amide bonds. The summed E-state index contributed by atoms with van der Waals surface area (Å²) in [5, 5.41) is 11.5. The van der Waals surface area contributed by atoms with Crippen molar-refractivity contribution in [2.24, 2.45) is 29.1 Å². The van der Waals surface area contributed by atoms with Crippen molar-refractivity contribution in [1.82, 2.24) is 0 Å². The normalized spacial score (nSPS) is 43.1. The summed E-state index contributed by atoms with van der Waals surface area (Å²) in [6.07, 6.45) is 11.8. The van der Waals surface area contributed by atoms with Gasteiger partial charge in [0, 0.05) is 6.10 Å². The highest BCUT2D eigenvalue weighted by Crippen LogP contribution is 2.61. The van der Waals surface area contributed by atoms with Crippen molar-refractivity contribution in [3.05, 3.63) is 0 Å². The summed E-state index contributed by atoms with van der Waals surface area (Å²) in [7, 11) is -1.71. The zero-order chi connectivity index (χ0) is 20.0. The number of rotatable bonds is 4. The van der Waals surface area contributed by atoms with Gasteiger partial charge in [-0.15, -0.1) is 0 Å². The maximum Gasteiger partial charge on any atom is 0.192 e. The van der Waals surface area contributed by atoms with Crippen molar-refractivity contribution in [1.29, 1.82) is 0 Å². The number of hydrogen-bond acceptors (Lipinski definition) is 2. The molecule has 0 spiro atoms. The first-order valence-corrected chi connectivity index (χ1v) is 14.8. The van der Waals surface area contributed by atoms with E-state index in [4.69, 9.17) is 4.43 Å². The lowest BCUT2D eigenvalue weighted by Crippen LogP contribution is -2.56. The van der Waals surface area contributed by atoms with Crippen LogP contribution in [0.3, 0.4) is 0 Å². The first-order chi connectivity index (χ1) is 12.5. The van der Waals surface area contributed by atoms with Gasteiger partial charge in [-0.1, -0.05) is 60.3 Å². The summed E-state index contributed by atoms with van der Waals surface area (Å²) in [4.78, 5) is 0. The molecule has 3 heteroatoms. The Bertz CT molecular complexity index is 509. The lowest BCUT2D eigenvalue weighted by molar-refractivity contribution is -0.149. The molecule has 3 unspecified atom stereocenters. The van der Waals surface area contributed by atoms with Crippen LogP contribution in [0.2, 0.25) is 18.1 Å². The number of fused-ring (bicyclic) bond motifs is 3. The standard InChI is InChI=1S/C24H46O2Si/c1-8-10-17-11-9-12-20-22(17)21(25)16-18-15-19(13-14-24(18,20)5)26-27(6,7)23(2,3)4/h17-22,25H,8-16H2,1-7H3/t17-,18?,19?,20+,21-,22+,24?/m1/s1. The molecule has 3 aliphatic rings. The van der Waals surface area contributed by atoms with Crippen LogP contribution in [0.15, 0.2) is 0 Å². The van der Waals surface area contributed by atoms with Crippen molar-refractivity contribution in [3.63, 3.8) is 0 Å². The summed E-state index contributed by atoms with van der Waals surface area (Å²) in [6, 6.07) is 0. The fourth-order valence-corrected chi connectivity index (χ4v) is 8.16. The van der Waals surface area contributed by atoms with E-state index in [0.717, 1.165) is 18.3 Å². The molecular formula is C24H46O2Si. The van der Waals surface area contributed by atoms with Crippen molar-refractivity contribution >= 4 is 8.32 Å². The van der Waals surface area contributed by atoms with Crippen molar-refractivity contribution in [2.45, 2.75) is 123 Å². The molecule has 3 saturated carbocycles. The first kappa shape index (κ1) is 21.8. The quantitative estimate of drug-likeness (QED) is 0.532. The van der Waals surface area contributed by atoms with Crippen molar-refractivity contribution in [3.8, 4) is 0 Å². The second-order valence-electron chi connectivity index (χ2n) is 11.9. The minimum atomic E-state index is -1.71. The fourth-order valence-electron chi connectivity index (χ4n) is 6.76. The third-order valence-electron chi connectivity index (χ3n) is 9.33. The smallest absolute Gasteiger partial charge is 0.192 e. The van der Waals surface area contributed by atoms with Crippen LogP contribution >= 0.6 is 0 Å². The third-order valence-corrected chi connectivity index (χ3v) is 13.9. The van der Waals surface area contributed by atoms with Crippen LogP contribution in [0.4, 0.5) is 0 Å². The molecule has 7 atom stereocenters. The third kappa shape index (κ3) is 4.07. The molecule has 0 aromatic carbocycles. The fraction of sp³-hybridized carbons (Fsp3) is 1.00. The van der Waals surface area contributed by atoms with Crippen LogP contribution in [-0.2, 0) is 4.43 Å². The zero-order valence-electron chi connectivity index (χ0n) is 19.2. The Hall–Kier alpha value is 0.137. The molecule has 0 radical (unpaired) electrons. The van der Waals surface area contributed by atoms with E-state index >= 15 is 0 Å². The Morgan fingerprint density at radius 2 is 1.81 bits per heavy atom. The SMILES string of the molecule is CCC[C@@H]1CCC[C@H]2[C@H]1[C@H](O)CC1CC(O[Si](C)(C)C(C)(C)C)CCC12C.